The number of anilines is 1. The van der Waals surface area contributed by atoms with Crippen molar-refractivity contribution in [2.75, 3.05) is 5.32 Å². The van der Waals surface area contributed by atoms with Gasteiger partial charge in [0, 0.05) is 6.54 Å². The number of rotatable bonds is 3. The summed E-state index contributed by atoms with van der Waals surface area (Å²) in [6.07, 6.45) is -4.43. The fourth-order valence-corrected chi connectivity index (χ4v) is 2.54. The quantitative estimate of drug-likeness (QED) is 0.779. The molecule has 0 aliphatic rings. The summed E-state index contributed by atoms with van der Waals surface area (Å²) in [5, 5.41) is 2.87. The van der Waals surface area contributed by atoms with E-state index >= 15 is 0 Å². The van der Waals surface area contributed by atoms with E-state index in [2.05, 4.69) is 5.32 Å². The molecule has 5 heteroatoms. The van der Waals surface area contributed by atoms with Gasteiger partial charge in [-0.05, 0) is 31.5 Å². The monoisotopic (exact) mass is 313 g/mol. The summed E-state index contributed by atoms with van der Waals surface area (Å²) in [6, 6.07) is 9.65. The van der Waals surface area contributed by atoms with Crippen LogP contribution < -0.4 is 5.32 Å². The third kappa shape index (κ3) is 3.91. The summed E-state index contributed by atoms with van der Waals surface area (Å²) in [6.45, 7) is 4.19. The topological polar surface area (TPSA) is 12.0 Å². The van der Waals surface area contributed by atoms with E-state index in [0.29, 0.717) is 0 Å². The number of aryl methyl sites for hydroxylation is 2. The maximum atomic E-state index is 13.0. The Labute approximate surface area is 126 Å². The summed E-state index contributed by atoms with van der Waals surface area (Å²) in [7, 11) is 0. The van der Waals surface area contributed by atoms with Crippen LogP contribution in [-0.4, -0.2) is 0 Å². The predicted octanol–water partition coefficient (Wildman–Crippen LogP) is 5.59. The maximum Gasteiger partial charge on any atom is 0.418 e. The second-order valence-corrected chi connectivity index (χ2v) is 5.42. The fourth-order valence-electron chi connectivity index (χ4n) is 2.30. The molecule has 0 saturated carbocycles. The number of alkyl halides is 3. The zero-order valence-corrected chi connectivity index (χ0v) is 12.4. The lowest BCUT2D eigenvalue weighted by Crippen LogP contribution is -2.11. The molecule has 0 bridgehead atoms. The van der Waals surface area contributed by atoms with Crippen LogP contribution in [0, 0.1) is 13.8 Å². The molecule has 2 aromatic carbocycles. The van der Waals surface area contributed by atoms with Crippen molar-refractivity contribution in [2.24, 2.45) is 0 Å². The van der Waals surface area contributed by atoms with E-state index in [1.165, 1.54) is 12.1 Å². The summed E-state index contributed by atoms with van der Waals surface area (Å²) >= 11 is 5.90. The van der Waals surface area contributed by atoms with Gasteiger partial charge in [-0.1, -0.05) is 47.0 Å². The van der Waals surface area contributed by atoms with E-state index in [9.17, 15) is 13.2 Å². The number of hydrogen-bond acceptors (Lipinski definition) is 1. The molecule has 2 rings (SSSR count). The number of benzene rings is 2. The molecule has 2 aromatic rings. The van der Waals surface area contributed by atoms with Crippen molar-refractivity contribution < 1.29 is 13.2 Å². The third-order valence-corrected chi connectivity index (χ3v) is 3.38. The first-order chi connectivity index (χ1) is 9.77. The molecule has 0 aromatic heterocycles. The standard InChI is InChI=1S/C16H15ClF3N/c1-10-6-11(2)8-12(7-10)9-21-15-13(16(18,19)20)4-3-5-14(15)17/h3-8,21H,9H2,1-2H3. The van der Waals surface area contributed by atoms with Crippen LogP contribution in [0.1, 0.15) is 22.3 Å². The Balaban J connectivity index is 2.28. The number of halogens is 4. The van der Waals surface area contributed by atoms with Gasteiger partial charge in [-0.3, -0.25) is 0 Å². The molecule has 21 heavy (non-hydrogen) atoms. The zero-order valence-electron chi connectivity index (χ0n) is 11.7. The Hall–Kier alpha value is -1.68. The predicted molar refractivity (Wildman–Crippen MR) is 79.7 cm³/mol. The smallest absolute Gasteiger partial charge is 0.379 e. The van der Waals surface area contributed by atoms with Crippen LogP contribution in [0.15, 0.2) is 36.4 Å². The number of hydrogen-bond donors (Lipinski definition) is 1. The third-order valence-electron chi connectivity index (χ3n) is 3.07. The Bertz CT molecular complexity index is 630. The first kappa shape index (κ1) is 15.7. The maximum absolute atomic E-state index is 13.0. The van der Waals surface area contributed by atoms with Gasteiger partial charge in [-0.25, -0.2) is 0 Å². The first-order valence-electron chi connectivity index (χ1n) is 6.44. The van der Waals surface area contributed by atoms with E-state index in [0.717, 1.165) is 22.8 Å². The Morgan fingerprint density at radius 3 is 2.24 bits per heavy atom. The number of nitrogens with one attached hydrogen (secondary N) is 1. The molecule has 0 fully saturated rings. The van der Waals surface area contributed by atoms with Crippen LogP contribution in [0.5, 0.6) is 0 Å². The van der Waals surface area contributed by atoms with Crippen molar-refractivity contribution in [3.63, 3.8) is 0 Å². The van der Waals surface area contributed by atoms with Crippen LogP contribution in [-0.2, 0) is 12.7 Å². The lowest BCUT2D eigenvalue weighted by atomic mass is 10.1. The van der Waals surface area contributed by atoms with E-state index in [1.54, 1.807) is 0 Å². The van der Waals surface area contributed by atoms with E-state index < -0.39 is 11.7 Å². The van der Waals surface area contributed by atoms with E-state index in [1.807, 2.05) is 32.0 Å². The Morgan fingerprint density at radius 1 is 1.05 bits per heavy atom. The molecule has 112 valence electrons. The summed E-state index contributed by atoms with van der Waals surface area (Å²) < 4.78 is 39.0. The molecule has 0 amide bonds. The highest BCUT2D eigenvalue weighted by atomic mass is 35.5. The van der Waals surface area contributed by atoms with E-state index in [-0.39, 0.29) is 17.3 Å². The molecule has 1 N–H and O–H groups in total. The normalized spacial score (nSPS) is 11.5. The molecule has 0 radical (unpaired) electrons. The fraction of sp³-hybridized carbons (Fsp3) is 0.250. The lowest BCUT2D eigenvalue weighted by molar-refractivity contribution is -0.136. The summed E-state index contributed by atoms with van der Waals surface area (Å²) in [4.78, 5) is 0. The van der Waals surface area contributed by atoms with Gasteiger partial charge in [-0.15, -0.1) is 0 Å². The highest BCUT2D eigenvalue weighted by molar-refractivity contribution is 6.33. The molecule has 0 aliphatic heterocycles. The Kier molecular flexibility index (Phi) is 4.47. The second kappa shape index (κ2) is 5.98. The van der Waals surface area contributed by atoms with Gasteiger partial charge in [0.25, 0.3) is 0 Å². The van der Waals surface area contributed by atoms with Crippen molar-refractivity contribution >= 4 is 17.3 Å². The minimum Gasteiger partial charge on any atom is -0.379 e. The summed E-state index contributed by atoms with van der Waals surface area (Å²) in [5.41, 5.74) is 2.23. The minimum atomic E-state index is -4.43. The van der Waals surface area contributed by atoms with Gasteiger partial charge < -0.3 is 5.32 Å². The highest BCUT2D eigenvalue weighted by Gasteiger charge is 2.34. The van der Waals surface area contributed by atoms with Crippen molar-refractivity contribution in [2.45, 2.75) is 26.6 Å². The van der Waals surface area contributed by atoms with Crippen molar-refractivity contribution in [1.29, 1.82) is 0 Å². The molecule has 0 heterocycles. The van der Waals surface area contributed by atoms with Crippen molar-refractivity contribution in [1.82, 2.24) is 0 Å². The van der Waals surface area contributed by atoms with Gasteiger partial charge in [0.15, 0.2) is 0 Å². The van der Waals surface area contributed by atoms with Crippen LogP contribution in [0.2, 0.25) is 5.02 Å². The second-order valence-electron chi connectivity index (χ2n) is 5.01. The molecule has 1 nitrogen and oxygen atoms in total. The summed E-state index contributed by atoms with van der Waals surface area (Å²) in [5.74, 6) is 0. The van der Waals surface area contributed by atoms with Crippen LogP contribution in [0.4, 0.5) is 18.9 Å². The van der Waals surface area contributed by atoms with Crippen LogP contribution >= 0.6 is 11.6 Å². The van der Waals surface area contributed by atoms with Gasteiger partial charge in [0.1, 0.15) is 0 Å². The van der Waals surface area contributed by atoms with Gasteiger partial charge >= 0.3 is 6.18 Å². The largest absolute Gasteiger partial charge is 0.418 e. The highest BCUT2D eigenvalue weighted by Crippen LogP contribution is 2.38. The van der Waals surface area contributed by atoms with Gasteiger partial charge in [0.2, 0.25) is 0 Å². The molecule has 0 unspecified atom stereocenters. The molecule has 0 saturated heterocycles. The minimum absolute atomic E-state index is 0.0641. The van der Waals surface area contributed by atoms with Crippen molar-refractivity contribution in [3.8, 4) is 0 Å². The van der Waals surface area contributed by atoms with Crippen molar-refractivity contribution in [3.05, 3.63) is 63.7 Å². The molecule has 0 aliphatic carbocycles. The molecule has 0 spiro atoms. The van der Waals surface area contributed by atoms with Gasteiger partial charge in [0.05, 0.1) is 16.3 Å². The molecular weight excluding hydrogens is 299 g/mol. The SMILES string of the molecule is Cc1cc(C)cc(CNc2c(Cl)cccc2C(F)(F)F)c1. The van der Waals surface area contributed by atoms with E-state index in [4.69, 9.17) is 11.6 Å². The molecular formula is C16H15ClF3N. The van der Waals surface area contributed by atoms with Gasteiger partial charge in [-0.2, -0.15) is 13.2 Å². The average Bonchev–Trinajstić information content (AvgIpc) is 2.34. The first-order valence-corrected chi connectivity index (χ1v) is 6.82. The Morgan fingerprint density at radius 2 is 1.67 bits per heavy atom. The zero-order chi connectivity index (χ0) is 15.6. The van der Waals surface area contributed by atoms with Crippen LogP contribution in [0.25, 0.3) is 0 Å². The van der Waals surface area contributed by atoms with Crippen LogP contribution in [0.3, 0.4) is 0 Å². The molecule has 0 atom stereocenters. The number of para-hydroxylation sites is 1. The average molecular weight is 314 g/mol. The lowest BCUT2D eigenvalue weighted by Gasteiger charge is -2.16.